The molecule has 1 unspecified atom stereocenters. The minimum Gasteiger partial charge on any atom is -0.497 e. The zero-order valence-corrected chi connectivity index (χ0v) is 15.6. The number of thiophene rings is 1. The van der Waals surface area contributed by atoms with E-state index < -0.39 is 0 Å². The van der Waals surface area contributed by atoms with Crippen LogP contribution in [-0.2, 0) is 11.4 Å². The van der Waals surface area contributed by atoms with E-state index in [9.17, 15) is 4.79 Å². The Hall–Kier alpha value is -2.96. The average Bonchev–Trinajstić information content (AvgIpc) is 3.19. The van der Waals surface area contributed by atoms with Crippen LogP contribution in [0.5, 0.6) is 5.75 Å². The number of amides is 1. The van der Waals surface area contributed by atoms with E-state index in [4.69, 9.17) is 9.84 Å². The summed E-state index contributed by atoms with van der Waals surface area (Å²) in [5.74, 6) is 0.558. The van der Waals surface area contributed by atoms with Gasteiger partial charge >= 0.3 is 0 Å². The summed E-state index contributed by atoms with van der Waals surface area (Å²) in [4.78, 5) is 17.5. The monoisotopic (exact) mass is 380 g/mol. The van der Waals surface area contributed by atoms with Gasteiger partial charge in [0.2, 0.25) is 5.91 Å². The first-order valence-corrected chi connectivity index (χ1v) is 9.28. The highest BCUT2D eigenvalue weighted by Gasteiger charge is 2.16. The molecule has 138 valence electrons. The van der Waals surface area contributed by atoms with Gasteiger partial charge in [0.25, 0.3) is 0 Å². The topological polar surface area (TPSA) is 71.5 Å². The van der Waals surface area contributed by atoms with Crippen molar-refractivity contribution in [2.45, 2.75) is 12.6 Å². The summed E-state index contributed by atoms with van der Waals surface area (Å²) < 4.78 is 5.21. The number of nitrogens with one attached hydrogen (secondary N) is 1. The summed E-state index contributed by atoms with van der Waals surface area (Å²) in [5, 5.41) is 14.0. The Balaban J connectivity index is 1.79. The number of pyridine rings is 1. The highest BCUT2D eigenvalue weighted by atomic mass is 32.1. The molecule has 0 radical (unpaired) electrons. The second-order valence-electron chi connectivity index (χ2n) is 5.84. The van der Waals surface area contributed by atoms with Crippen LogP contribution >= 0.6 is 11.3 Å². The van der Waals surface area contributed by atoms with Gasteiger partial charge in [-0.05, 0) is 58.5 Å². The maximum absolute atomic E-state index is 12.5. The van der Waals surface area contributed by atoms with Crippen LogP contribution in [0.15, 0.2) is 66.3 Å². The molecule has 0 bridgehead atoms. The lowest BCUT2D eigenvalue weighted by Gasteiger charge is -2.19. The van der Waals surface area contributed by atoms with Gasteiger partial charge in [-0.2, -0.15) is 0 Å². The fourth-order valence-electron chi connectivity index (χ4n) is 2.62. The Morgan fingerprint density at radius 2 is 1.93 bits per heavy atom. The molecule has 3 aromatic rings. The Labute approximate surface area is 162 Å². The molecule has 6 heteroatoms. The van der Waals surface area contributed by atoms with Crippen LogP contribution in [0.2, 0.25) is 0 Å². The van der Waals surface area contributed by atoms with Crippen molar-refractivity contribution in [1.82, 2.24) is 10.3 Å². The van der Waals surface area contributed by atoms with Gasteiger partial charge in [0, 0.05) is 23.3 Å². The SMILES string of the molecule is COc1ccc(C(NC(=O)/C=C/c2cc(CO)cs2)c2ccncc2)cc1. The number of methoxy groups -OCH3 is 1. The summed E-state index contributed by atoms with van der Waals surface area (Å²) in [6, 6.07) is 12.9. The lowest BCUT2D eigenvalue weighted by molar-refractivity contribution is -0.116. The molecule has 2 aromatic heterocycles. The highest BCUT2D eigenvalue weighted by Crippen LogP contribution is 2.24. The minimum atomic E-state index is -0.299. The van der Waals surface area contributed by atoms with Gasteiger partial charge in [0.05, 0.1) is 19.8 Å². The molecule has 3 rings (SSSR count). The van der Waals surface area contributed by atoms with Gasteiger partial charge in [-0.3, -0.25) is 9.78 Å². The van der Waals surface area contributed by atoms with E-state index in [2.05, 4.69) is 10.3 Å². The van der Waals surface area contributed by atoms with Crippen LogP contribution in [0, 0.1) is 0 Å². The van der Waals surface area contributed by atoms with Gasteiger partial charge in [-0.25, -0.2) is 0 Å². The largest absolute Gasteiger partial charge is 0.497 e. The predicted molar refractivity (Wildman–Crippen MR) is 106 cm³/mol. The standard InChI is InChI=1S/C21H20N2O3S/c1-26-18-4-2-16(3-5-18)21(17-8-10-22-11-9-17)23-20(25)7-6-19-12-15(13-24)14-27-19/h2-12,14,21,24H,13H2,1H3,(H,23,25)/b7-6+. The third-order valence-electron chi connectivity index (χ3n) is 4.03. The lowest BCUT2D eigenvalue weighted by atomic mass is 9.99. The molecule has 0 saturated carbocycles. The number of ether oxygens (including phenoxy) is 1. The van der Waals surface area contributed by atoms with Gasteiger partial charge in [-0.1, -0.05) is 12.1 Å². The smallest absolute Gasteiger partial charge is 0.244 e. The second kappa shape index (κ2) is 9.12. The Bertz CT molecular complexity index is 905. The number of carbonyl (C=O) groups is 1. The molecular weight excluding hydrogens is 360 g/mol. The first-order chi connectivity index (χ1) is 13.2. The second-order valence-corrected chi connectivity index (χ2v) is 6.79. The molecule has 0 spiro atoms. The molecular formula is C21H20N2O3S. The van der Waals surface area contributed by atoms with Gasteiger partial charge in [0.1, 0.15) is 5.75 Å². The van der Waals surface area contributed by atoms with Crippen molar-refractivity contribution in [3.05, 3.63) is 87.9 Å². The summed E-state index contributed by atoms with van der Waals surface area (Å²) in [5.41, 5.74) is 2.73. The number of aliphatic hydroxyl groups is 1. The first kappa shape index (κ1) is 18.8. The molecule has 2 N–H and O–H groups in total. The highest BCUT2D eigenvalue weighted by molar-refractivity contribution is 7.11. The number of rotatable bonds is 7. The molecule has 1 amide bonds. The summed E-state index contributed by atoms with van der Waals surface area (Å²) in [7, 11) is 1.62. The summed E-state index contributed by atoms with van der Waals surface area (Å²) >= 11 is 1.48. The van der Waals surface area contributed by atoms with Gasteiger partial charge < -0.3 is 15.2 Å². The Morgan fingerprint density at radius 1 is 1.22 bits per heavy atom. The van der Waals surface area contributed by atoms with Crippen molar-refractivity contribution >= 4 is 23.3 Å². The van der Waals surface area contributed by atoms with E-state index in [0.717, 1.165) is 27.3 Å². The quantitative estimate of drug-likeness (QED) is 0.615. The van der Waals surface area contributed by atoms with Crippen LogP contribution in [-0.4, -0.2) is 23.1 Å². The number of carbonyl (C=O) groups excluding carboxylic acids is 1. The Kier molecular flexibility index (Phi) is 6.35. The van der Waals surface area contributed by atoms with Crippen molar-refractivity contribution in [2.24, 2.45) is 0 Å². The van der Waals surface area contributed by atoms with Crippen molar-refractivity contribution in [3.63, 3.8) is 0 Å². The maximum Gasteiger partial charge on any atom is 0.244 e. The molecule has 1 atom stereocenters. The summed E-state index contributed by atoms with van der Waals surface area (Å²) in [6.45, 7) is -0.00186. The average molecular weight is 380 g/mol. The van der Waals surface area contributed by atoms with Crippen molar-refractivity contribution in [3.8, 4) is 5.75 Å². The predicted octanol–water partition coefficient (Wildman–Crippen LogP) is 3.56. The van der Waals surface area contributed by atoms with E-state index in [1.54, 1.807) is 25.6 Å². The number of aliphatic hydroxyl groups excluding tert-OH is 1. The van der Waals surface area contributed by atoms with Crippen LogP contribution in [0.1, 0.15) is 27.6 Å². The van der Waals surface area contributed by atoms with E-state index in [0.29, 0.717) is 0 Å². The van der Waals surface area contributed by atoms with E-state index in [1.807, 2.05) is 47.8 Å². The molecule has 0 fully saturated rings. The van der Waals surface area contributed by atoms with E-state index in [-0.39, 0.29) is 18.6 Å². The number of hydrogen-bond acceptors (Lipinski definition) is 5. The van der Waals surface area contributed by atoms with Crippen LogP contribution in [0.4, 0.5) is 0 Å². The molecule has 2 heterocycles. The molecule has 27 heavy (non-hydrogen) atoms. The normalized spacial score (nSPS) is 12.1. The first-order valence-electron chi connectivity index (χ1n) is 8.40. The van der Waals surface area contributed by atoms with Gasteiger partial charge in [0.15, 0.2) is 0 Å². The third kappa shape index (κ3) is 5.03. The zero-order chi connectivity index (χ0) is 19.1. The summed E-state index contributed by atoms with van der Waals surface area (Å²) in [6.07, 6.45) is 6.66. The van der Waals surface area contributed by atoms with Crippen LogP contribution in [0.3, 0.4) is 0 Å². The molecule has 1 aromatic carbocycles. The minimum absolute atomic E-state index is 0.00186. The number of aromatic nitrogens is 1. The lowest BCUT2D eigenvalue weighted by Crippen LogP contribution is -2.27. The molecule has 5 nitrogen and oxygen atoms in total. The molecule has 0 aliphatic heterocycles. The number of nitrogens with zero attached hydrogens (tertiary/aromatic N) is 1. The van der Waals surface area contributed by atoms with E-state index >= 15 is 0 Å². The fraction of sp³-hybridized carbons (Fsp3) is 0.143. The van der Waals surface area contributed by atoms with Crippen LogP contribution < -0.4 is 10.1 Å². The number of benzene rings is 1. The molecule has 0 aliphatic carbocycles. The third-order valence-corrected chi connectivity index (χ3v) is 4.98. The Morgan fingerprint density at radius 3 is 2.56 bits per heavy atom. The fourth-order valence-corrected chi connectivity index (χ4v) is 3.42. The molecule has 0 aliphatic rings. The van der Waals surface area contributed by atoms with Crippen LogP contribution in [0.25, 0.3) is 6.08 Å². The van der Waals surface area contributed by atoms with E-state index in [1.165, 1.54) is 17.4 Å². The van der Waals surface area contributed by atoms with Crippen molar-refractivity contribution in [1.29, 1.82) is 0 Å². The van der Waals surface area contributed by atoms with Crippen molar-refractivity contribution < 1.29 is 14.6 Å². The van der Waals surface area contributed by atoms with Crippen molar-refractivity contribution in [2.75, 3.05) is 7.11 Å². The molecule has 0 saturated heterocycles. The number of hydrogen-bond donors (Lipinski definition) is 2. The van der Waals surface area contributed by atoms with Gasteiger partial charge in [-0.15, -0.1) is 11.3 Å². The maximum atomic E-state index is 12.5. The zero-order valence-electron chi connectivity index (χ0n) is 14.8.